The summed E-state index contributed by atoms with van der Waals surface area (Å²) in [6, 6.07) is 12.6. The van der Waals surface area contributed by atoms with Crippen molar-refractivity contribution in [2.45, 2.75) is 18.0 Å². The van der Waals surface area contributed by atoms with Crippen molar-refractivity contribution in [3.05, 3.63) is 59.7 Å². The number of rotatable bonds is 6. The summed E-state index contributed by atoms with van der Waals surface area (Å²) in [6.45, 7) is 0.621. The lowest BCUT2D eigenvalue weighted by Gasteiger charge is -2.12. The number of urea groups is 1. The normalized spacial score (nSPS) is 11.3. The Kier molecular flexibility index (Phi) is 6.00. The Bertz CT molecular complexity index is 816. The van der Waals surface area contributed by atoms with Gasteiger partial charge in [-0.2, -0.15) is 0 Å². The van der Waals surface area contributed by atoms with Crippen molar-refractivity contribution in [1.82, 2.24) is 14.9 Å². The smallest absolute Gasteiger partial charge is 0.315 e. The van der Waals surface area contributed by atoms with Gasteiger partial charge in [-0.1, -0.05) is 24.3 Å². The first kappa shape index (κ1) is 18.8. The van der Waals surface area contributed by atoms with E-state index in [2.05, 4.69) is 10.6 Å². The van der Waals surface area contributed by atoms with Crippen LogP contribution in [0.1, 0.15) is 11.1 Å². The SMILES string of the molecule is CN(C)S(=O)(=O)c1ccc(CNC(=O)NCc2ccc(O)cc2)cc1. The van der Waals surface area contributed by atoms with E-state index in [0.717, 1.165) is 15.4 Å². The van der Waals surface area contributed by atoms with E-state index in [0.29, 0.717) is 6.54 Å². The van der Waals surface area contributed by atoms with Gasteiger partial charge >= 0.3 is 6.03 Å². The Morgan fingerprint density at radius 2 is 1.36 bits per heavy atom. The number of phenols is 1. The van der Waals surface area contributed by atoms with E-state index in [-0.39, 0.29) is 23.2 Å². The van der Waals surface area contributed by atoms with Crippen LogP contribution >= 0.6 is 0 Å². The van der Waals surface area contributed by atoms with Gasteiger partial charge in [-0.25, -0.2) is 17.5 Å². The fourth-order valence-electron chi connectivity index (χ4n) is 2.03. The highest BCUT2D eigenvalue weighted by Gasteiger charge is 2.16. The van der Waals surface area contributed by atoms with Gasteiger partial charge in [0.1, 0.15) is 5.75 Å². The molecule has 0 bridgehead atoms. The van der Waals surface area contributed by atoms with Crippen LogP contribution < -0.4 is 10.6 Å². The van der Waals surface area contributed by atoms with Crippen LogP contribution in [0.25, 0.3) is 0 Å². The van der Waals surface area contributed by atoms with Crippen LogP contribution in [0, 0.1) is 0 Å². The van der Waals surface area contributed by atoms with Crippen LogP contribution in [0.4, 0.5) is 4.79 Å². The van der Waals surface area contributed by atoms with Gasteiger partial charge in [0.2, 0.25) is 10.0 Å². The Labute approximate surface area is 147 Å². The van der Waals surface area contributed by atoms with E-state index < -0.39 is 10.0 Å². The molecule has 134 valence electrons. The molecule has 0 heterocycles. The highest BCUT2D eigenvalue weighted by molar-refractivity contribution is 7.89. The predicted molar refractivity (Wildman–Crippen MR) is 94.5 cm³/mol. The molecule has 0 aliphatic carbocycles. The molecule has 2 aromatic rings. The average Bonchev–Trinajstić information content (AvgIpc) is 2.59. The number of nitrogens with one attached hydrogen (secondary N) is 2. The minimum Gasteiger partial charge on any atom is -0.508 e. The van der Waals surface area contributed by atoms with E-state index in [1.807, 2.05) is 0 Å². The number of hydrogen-bond donors (Lipinski definition) is 3. The molecule has 2 rings (SSSR count). The van der Waals surface area contributed by atoms with Crippen LogP contribution in [0.15, 0.2) is 53.4 Å². The summed E-state index contributed by atoms with van der Waals surface area (Å²) in [5.74, 6) is 0.174. The highest BCUT2D eigenvalue weighted by atomic mass is 32.2. The Morgan fingerprint density at radius 1 is 0.920 bits per heavy atom. The molecular formula is C17H21N3O4S. The molecule has 2 amide bonds. The number of hydrogen-bond acceptors (Lipinski definition) is 4. The lowest BCUT2D eigenvalue weighted by atomic mass is 10.2. The van der Waals surface area contributed by atoms with Crippen LogP contribution in [0.3, 0.4) is 0 Å². The van der Waals surface area contributed by atoms with E-state index in [1.54, 1.807) is 36.4 Å². The fourth-order valence-corrected chi connectivity index (χ4v) is 2.93. The highest BCUT2D eigenvalue weighted by Crippen LogP contribution is 2.14. The molecule has 0 unspecified atom stereocenters. The first-order valence-electron chi connectivity index (χ1n) is 7.60. The molecule has 8 heteroatoms. The minimum atomic E-state index is -3.45. The quantitative estimate of drug-likeness (QED) is 0.727. The van der Waals surface area contributed by atoms with Crippen molar-refractivity contribution in [3.63, 3.8) is 0 Å². The molecule has 3 N–H and O–H groups in total. The van der Waals surface area contributed by atoms with E-state index in [9.17, 15) is 18.3 Å². The average molecular weight is 363 g/mol. The number of amides is 2. The van der Waals surface area contributed by atoms with Gasteiger partial charge in [-0.15, -0.1) is 0 Å². The maximum atomic E-state index is 12.0. The van der Waals surface area contributed by atoms with E-state index in [1.165, 1.54) is 26.2 Å². The molecule has 0 aliphatic heterocycles. The summed E-state index contributed by atoms with van der Waals surface area (Å²) >= 11 is 0. The van der Waals surface area contributed by atoms with Crippen molar-refractivity contribution in [3.8, 4) is 5.75 Å². The lowest BCUT2D eigenvalue weighted by molar-refractivity contribution is 0.240. The van der Waals surface area contributed by atoms with Crippen molar-refractivity contribution >= 4 is 16.1 Å². The third-order valence-corrected chi connectivity index (χ3v) is 5.37. The molecule has 0 spiro atoms. The lowest BCUT2D eigenvalue weighted by Crippen LogP contribution is -2.34. The molecule has 0 atom stereocenters. The first-order valence-corrected chi connectivity index (χ1v) is 9.04. The molecule has 2 aromatic carbocycles. The summed E-state index contributed by atoms with van der Waals surface area (Å²) in [5, 5.41) is 14.6. The number of aromatic hydroxyl groups is 1. The number of carbonyl (C=O) groups is 1. The van der Waals surface area contributed by atoms with Crippen LogP contribution in [-0.4, -0.2) is 38.0 Å². The maximum absolute atomic E-state index is 12.0. The third-order valence-electron chi connectivity index (χ3n) is 3.54. The first-order chi connectivity index (χ1) is 11.8. The van der Waals surface area contributed by atoms with E-state index >= 15 is 0 Å². The van der Waals surface area contributed by atoms with Crippen LogP contribution in [0.2, 0.25) is 0 Å². The van der Waals surface area contributed by atoms with Crippen molar-refractivity contribution < 1.29 is 18.3 Å². The third kappa shape index (κ3) is 5.20. The Balaban J connectivity index is 1.84. The van der Waals surface area contributed by atoms with Gasteiger partial charge in [0, 0.05) is 27.2 Å². The molecule has 7 nitrogen and oxygen atoms in total. The number of carbonyl (C=O) groups excluding carboxylic acids is 1. The second kappa shape index (κ2) is 8.00. The summed E-state index contributed by atoms with van der Waals surface area (Å²) in [4.78, 5) is 12.0. The van der Waals surface area contributed by atoms with Gasteiger partial charge in [-0.05, 0) is 35.4 Å². The molecule has 0 aliphatic rings. The van der Waals surface area contributed by atoms with Gasteiger partial charge in [0.05, 0.1) is 4.90 Å². The van der Waals surface area contributed by atoms with Crippen molar-refractivity contribution in [2.75, 3.05) is 14.1 Å². The second-order valence-electron chi connectivity index (χ2n) is 5.63. The van der Waals surface area contributed by atoms with E-state index in [4.69, 9.17) is 0 Å². The number of benzene rings is 2. The Hall–Kier alpha value is -2.58. The summed E-state index contributed by atoms with van der Waals surface area (Å²) in [6.07, 6.45) is 0. The number of sulfonamides is 1. The Morgan fingerprint density at radius 3 is 1.80 bits per heavy atom. The fraction of sp³-hybridized carbons (Fsp3) is 0.235. The molecule has 0 fully saturated rings. The molecule has 0 saturated heterocycles. The largest absolute Gasteiger partial charge is 0.508 e. The standard InChI is InChI=1S/C17H21N3O4S/c1-20(2)25(23,24)16-9-5-14(6-10-16)12-19-17(22)18-11-13-3-7-15(21)8-4-13/h3-10,21H,11-12H2,1-2H3,(H2,18,19,22). The molecule has 25 heavy (non-hydrogen) atoms. The molecule has 0 saturated carbocycles. The topological polar surface area (TPSA) is 98.7 Å². The molecular weight excluding hydrogens is 342 g/mol. The van der Waals surface area contributed by atoms with Gasteiger partial charge < -0.3 is 15.7 Å². The van der Waals surface area contributed by atoms with Gasteiger partial charge in [0.15, 0.2) is 0 Å². The van der Waals surface area contributed by atoms with Gasteiger partial charge in [-0.3, -0.25) is 0 Å². The van der Waals surface area contributed by atoms with Crippen LogP contribution in [0.5, 0.6) is 5.75 Å². The monoisotopic (exact) mass is 363 g/mol. The summed E-state index contributed by atoms with van der Waals surface area (Å²) < 4.78 is 25.1. The zero-order valence-corrected chi connectivity index (χ0v) is 14.9. The zero-order chi connectivity index (χ0) is 18.4. The predicted octanol–water partition coefficient (Wildman–Crippen LogP) is 1.64. The van der Waals surface area contributed by atoms with Crippen LogP contribution in [-0.2, 0) is 23.1 Å². The molecule has 0 aromatic heterocycles. The maximum Gasteiger partial charge on any atom is 0.315 e. The summed E-state index contributed by atoms with van der Waals surface area (Å²) in [5.41, 5.74) is 1.66. The number of nitrogens with zero attached hydrogens (tertiary/aromatic N) is 1. The molecule has 0 radical (unpaired) electrons. The van der Waals surface area contributed by atoms with Crippen molar-refractivity contribution in [2.24, 2.45) is 0 Å². The summed E-state index contributed by atoms with van der Waals surface area (Å²) in [7, 11) is -0.501. The minimum absolute atomic E-state index is 0.174. The second-order valence-corrected chi connectivity index (χ2v) is 7.79. The van der Waals surface area contributed by atoms with Gasteiger partial charge in [0.25, 0.3) is 0 Å². The number of phenolic OH excluding ortho intramolecular Hbond substituents is 1. The zero-order valence-electron chi connectivity index (χ0n) is 14.1. The van der Waals surface area contributed by atoms with Crippen molar-refractivity contribution in [1.29, 1.82) is 0 Å².